The second kappa shape index (κ2) is 7.44. The molecule has 20 heavy (non-hydrogen) atoms. The number of nitrogens with one attached hydrogen (secondary N) is 1. The molecule has 0 amide bonds. The molecule has 0 aliphatic carbocycles. The summed E-state index contributed by atoms with van der Waals surface area (Å²) >= 11 is 6.09. The van der Waals surface area contributed by atoms with Gasteiger partial charge in [-0.3, -0.25) is 0 Å². The monoisotopic (exact) mass is 294 g/mol. The second-order valence-electron chi connectivity index (χ2n) is 6.23. The third kappa shape index (κ3) is 4.21. The van der Waals surface area contributed by atoms with Crippen molar-refractivity contribution >= 4 is 11.6 Å². The summed E-state index contributed by atoms with van der Waals surface area (Å²) in [6.07, 6.45) is 2.47. The SMILES string of the molecule is CNC(CCN1CCC(C)C(C)C1)c1cccc(Cl)c1. The zero-order chi connectivity index (χ0) is 14.5. The zero-order valence-electron chi connectivity index (χ0n) is 12.9. The fourth-order valence-corrected chi connectivity index (χ4v) is 3.26. The van der Waals surface area contributed by atoms with Crippen molar-refractivity contribution in [2.75, 3.05) is 26.7 Å². The molecule has 1 aliphatic heterocycles. The van der Waals surface area contributed by atoms with Gasteiger partial charge in [0.15, 0.2) is 0 Å². The van der Waals surface area contributed by atoms with E-state index in [9.17, 15) is 0 Å². The van der Waals surface area contributed by atoms with E-state index in [2.05, 4.69) is 36.2 Å². The average Bonchev–Trinajstić information content (AvgIpc) is 2.43. The van der Waals surface area contributed by atoms with Gasteiger partial charge in [-0.15, -0.1) is 0 Å². The maximum atomic E-state index is 6.09. The Morgan fingerprint density at radius 1 is 1.35 bits per heavy atom. The Labute approximate surface area is 128 Å². The van der Waals surface area contributed by atoms with Gasteiger partial charge in [-0.2, -0.15) is 0 Å². The number of piperidine rings is 1. The van der Waals surface area contributed by atoms with Crippen LogP contribution in [0.3, 0.4) is 0 Å². The highest BCUT2D eigenvalue weighted by Gasteiger charge is 2.23. The summed E-state index contributed by atoms with van der Waals surface area (Å²) in [5.41, 5.74) is 1.29. The largest absolute Gasteiger partial charge is 0.313 e. The summed E-state index contributed by atoms with van der Waals surface area (Å²) in [5.74, 6) is 1.70. The van der Waals surface area contributed by atoms with Gasteiger partial charge < -0.3 is 10.2 Å². The molecule has 3 unspecified atom stereocenters. The molecular formula is C17H27ClN2. The molecule has 2 nitrogen and oxygen atoms in total. The quantitative estimate of drug-likeness (QED) is 0.884. The Balaban J connectivity index is 1.88. The summed E-state index contributed by atoms with van der Waals surface area (Å²) in [6.45, 7) is 8.41. The summed E-state index contributed by atoms with van der Waals surface area (Å²) in [7, 11) is 2.03. The van der Waals surface area contributed by atoms with E-state index in [4.69, 9.17) is 11.6 Å². The van der Waals surface area contributed by atoms with Crippen molar-refractivity contribution in [1.29, 1.82) is 0 Å². The molecule has 0 bridgehead atoms. The average molecular weight is 295 g/mol. The Hall–Kier alpha value is -0.570. The second-order valence-corrected chi connectivity index (χ2v) is 6.67. The van der Waals surface area contributed by atoms with Crippen LogP contribution in [-0.2, 0) is 0 Å². The Morgan fingerprint density at radius 3 is 2.80 bits per heavy atom. The van der Waals surface area contributed by atoms with Crippen molar-refractivity contribution < 1.29 is 0 Å². The number of hydrogen-bond acceptors (Lipinski definition) is 2. The summed E-state index contributed by atoms with van der Waals surface area (Å²) in [6, 6.07) is 8.60. The number of rotatable bonds is 5. The van der Waals surface area contributed by atoms with E-state index in [0.717, 1.165) is 29.8 Å². The molecule has 3 heteroatoms. The standard InChI is InChI=1S/C17H27ClN2/c1-13-7-9-20(12-14(13)2)10-8-17(19-3)15-5-4-6-16(18)11-15/h4-6,11,13-14,17,19H,7-10,12H2,1-3H3. The van der Waals surface area contributed by atoms with Crippen LogP contribution in [0.1, 0.15) is 38.3 Å². The van der Waals surface area contributed by atoms with Gasteiger partial charge in [-0.05, 0) is 62.5 Å². The minimum Gasteiger partial charge on any atom is -0.313 e. The van der Waals surface area contributed by atoms with Crippen LogP contribution in [0.5, 0.6) is 0 Å². The van der Waals surface area contributed by atoms with E-state index in [-0.39, 0.29) is 0 Å². The number of benzene rings is 1. The van der Waals surface area contributed by atoms with Gasteiger partial charge in [0.25, 0.3) is 0 Å². The van der Waals surface area contributed by atoms with Crippen molar-refractivity contribution in [2.24, 2.45) is 11.8 Å². The van der Waals surface area contributed by atoms with Crippen LogP contribution >= 0.6 is 11.6 Å². The van der Waals surface area contributed by atoms with Crippen molar-refractivity contribution in [2.45, 2.75) is 32.7 Å². The van der Waals surface area contributed by atoms with Crippen molar-refractivity contribution in [1.82, 2.24) is 10.2 Å². The van der Waals surface area contributed by atoms with E-state index < -0.39 is 0 Å². The lowest BCUT2D eigenvalue weighted by Crippen LogP contribution is -2.39. The smallest absolute Gasteiger partial charge is 0.0409 e. The van der Waals surface area contributed by atoms with Crippen LogP contribution in [0, 0.1) is 11.8 Å². The topological polar surface area (TPSA) is 15.3 Å². The summed E-state index contributed by atoms with van der Waals surface area (Å²) in [4.78, 5) is 2.61. The van der Waals surface area contributed by atoms with Gasteiger partial charge in [-0.25, -0.2) is 0 Å². The van der Waals surface area contributed by atoms with Gasteiger partial charge in [0.2, 0.25) is 0 Å². The van der Waals surface area contributed by atoms with Crippen molar-refractivity contribution in [3.8, 4) is 0 Å². The van der Waals surface area contributed by atoms with E-state index in [1.165, 1.54) is 25.1 Å². The molecule has 0 saturated carbocycles. The van der Waals surface area contributed by atoms with Gasteiger partial charge in [0.05, 0.1) is 0 Å². The number of likely N-dealkylation sites (tertiary alicyclic amines) is 1. The van der Waals surface area contributed by atoms with Crippen LogP contribution in [-0.4, -0.2) is 31.6 Å². The Morgan fingerprint density at radius 2 is 2.15 bits per heavy atom. The lowest BCUT2D eigenvalue weighted by molar-refractivity contribution is 0.134. The lowest BCUT2D eigenvalue weighted by atomic mass is 9.88. The minimum atomic E-state index is 0.392. The summed E-state index contributed by atoms with van der Waals surface area (Å²) < 4.78 is 0. The number of halogens is 1. The highest BCUT2D eigenvalue weighted by Crippen LogP contribution is 2.25. The van der Waals surface area contributed by atoms with Gasteiger partial charge in [-0.1, -0.05) is 37.6 Å². The Kier molecular flexibility index (Phi) is 5.88. The lowest BCUT2D eigenvalue weighted by Gasteiger charge is -2.36. The van der Waals surface area contributed by atoms with Crippen molar-refractivity contribution in [3.63, 3.8) is 0 Å². The molecule has 1 aromatic carbocycles. The maximum Gasteiger partial charge on any atom is 0.0409 e. The third-order valence-corrected chi connectivity index (χ3v) is 4.99. The first-order valence-corrected chi connectivity index (χ1v) is 8.13. The molecular weight excluding hydrogens is 268 g/mol. The molecule has 1 aliphatic rings. The van der Waals surface area contributed by atoms with Crippen LogP contribution in [0.2, 0.25) is 5.02 Å². The molecule has 1 N–H and O–H groups in total. The zero-order valence-corrected chi connectivity index (χ0v) is 13.7. The maximum absolute atomic E-state index is 6.09. The molecule has 2 rings (SSSR count). The highest BCUT2D eigenvalue weighted by molar-refractivity contribution is 6.30. The molecule has 1 fully saturated rings. The van der Waals surface area contributed by atoms with E-state index in [1.807, 2.05) is 19.2 Å². The minimum absolute atomic E-state index is 0.392. The molecule has 0 spiro atoms. The van der Waals surface area contributed by atoms with E-state index in [1.54, 1.807) is 0 Å². The molecule has 3 atom stereocenters. The van der Waals surface area contributed by atoms with Gasteiger partial charge in [0, 0.05) is 17.6 Å². The van der Waals surface area contributed by atoms with E-state index >= 15 is 0 Å². The molecule has 0 radical (unpaired) electrons. The first-order chi connectivity index (χ1) is 9.60. The van der Waals surface area contributed by atoms with Crippen LogP contribution < -0.4 is 5.32 Å². The Bertz CT molecular complexity index is 421. The highest BCUT2D eigenvalue weighted by atomic mass is 35.5. The first-order valence-electron chi connectivity index (χ1n) is 7.75. The molecule has 0 aromatic heterocycles. The fourth-order valence-electron chi connectivity index (χ4n) is 3.07. The van der Waals surface area contributed by atoms with E-state index in [0.29, 0.717) is 6.04 Å². The fraction of sp³-hybridized carbons (Fsp3) is 0.647. The van der Waals surface area contributed by atoms with Gasteiger partial charge in [0.1, 0.15) is 0 Å². The number of nitrogens with zero attached hydrogens (tertiary/aromatic N) is 1. The van der Waals surface area contributed by atoms with Gasteiger partial charge >= 0.3 is 0 Å². The molecule has 1 aromatic rings. The normalized spacial score (nSPS) is 25.6. The van der Waals surface area contributed by atoms with Crippen LogP contribution in [0.4, 0.5) is 0 Å². The van der Waals surface area contributed by atoms with Crippen LogP contribution in [0.15, 0.2) is 24.3 Å². The number of hydrogen-bond donors (Lipinski definition) is 1. The molecule has 112 valence electrons. The molecule has 1 saturated heterocycles. The molecule has 1 heterocycles. The predicted molar refractivity (Wildman–Crippen MR) is 87.3 cm³/mol. The first kappa shape index (κ1) is 15.8. The summed E-state index contributed by atoms with van der Waals surface area (Å²) in [5, 5.41) is 4.24. The van der Waals surface area contributed by atoms with Crippen LogP contribution in [0.25, 0.3) is 0 Å². The predicted octanol–water partition coefficient (Wildman–Crippen LogP) is 3.97. The van der Waals surface area contributed by atoms with Crippen molar-refractivity contribution in [3.05, 3.63) is 34.9 Å². The third-order valence-electron chi connectivity index (χ3n) is 4.75.